The zero-order chi connectivity index (χ0) is 16.8. The lowest BCUT2D eigenvalue weighted by Crippen LogP contribution is -2.50. The first-order chi connectivity index (χ1) is 11.0. The molecule has 7 nitrogen and oxygen atoms in total. The number of rotatable bonds is 5. The van der Waals surface area contributed by atoms with Crippen molar-refractivity contribution >= 4 is 17.7 Å². The van der Waals surface area contributed by atoms with E-state index in [0.717, 1.165) is 12.2 Å². The molecule has 2 heterocycles. The van der Waals surface area contributed by atoms with E-state index >= 15 is 0 Å². The van der Waals surface area contributed by atoms with Gasteiger partial charge in [0.1, 0.15) is 5.76 Å². The molecule has 7 heteroatoms. The number of nitrogens with zero attached hydrogens (tertiary/aromatic N) is 2. The van der Waals surface area contributed by atoms with Crippen LogP contribution in [0, 0.1) is 0 Å². The highest BCUT2D eigenvalue weighted by Crippen LogP contribution is 2.08. The summed E-state index contributed by atoms with van der Waals surface area (Å²) in [4.78, 5) is 38.7. The minimum Gasteiger partial charge on any atom is -0.456 e. The van der Waals surface area contributed by atoms with E-state index in [4.69, 9.17) is 4.42 Å². The van der Waals surface area contributed by atoms with E-state index in [1.54, 1.807) is 21.9 Å². The van der Waals surface area contributed by atoms with E-state index in [0.29, 0.717) is 26.2 Å². The second-order valence-corrected chi connectivity index (χ2v) is 5.51. The Morgan fingerprint density at radius 3 is 2.35 bits per heavy atom. The van der Waals surface area contributed by atoms with E-state index in [-0.39, 0.29) is 36.4 Å². The highest BCUT2D eigenvalue weighted by atomic mass is 16.3. The van der Waals surface area contributed by atoms with Gasteiger partial charge in [-0.1, -0.05) is 6.92 Å². The Morgan fingerprint density at radius 2 is 1.78 bits per heavy atom. The van der Waals surface area contributed by atoms with Gasteiger partial charge in [-0.3, -0.25) is 14.4 Å². The van der Waals surface area contributed by atoms with Crippen LogP contribution in [0.2, 0.25) is 0 Å². The van der Waals surface area contributed by atoms with Crippen molar-refractivity contribution in [3.63, 3.8) is 0 Å². The third-order valence-electron chi connectivity index (χ3n) is 3.94. The number of carbonyl (C=O) groups excluding carboxylic acids is 3. The highest BCUT2D eigenvalue weighted by Gasteiger charge is 2.22. The zero-order valence-electron chi connectivity index (χ0n) is 13.6. The van der Waals surface area contributed by atoms with Crippen molar-refractivity contribution in [2.75, 3.05) is 32.7 Å². The van der Waals surface area contributed by atoms with E-state index in [9.17, 15) is 14.4 Å². The molecule has 1 N–H and O–H groups in total. The van der Waals surface area contributed by atoms with Gasteiger partial charge >= 0.3 is 0 Å². The molecule has 0 radical (unpaired) electrons. The molecule has 23 heavy (non-hydrogen) atoms. The molecule has 1 aromatic rings. The topological polar surface area (TPSA) is 82.9 Å². The summed E-state index contributed by atoms with van der Waals surface area (Å²) in [6.07, 6.45) is 0.977. The number of amides is 3. The van der Waals surface area contributed by atoms with Crippen LogP contribution >= 0.6 is 0 Å². The molecule has 3 amide bonds. The van der Waals surface area contributed by atoms with Crippen molar-refractivity contribution in [3.8, 4) is 0 Å². The predicted molar refractivity (Wildman–Crippen MR) is 83.9 cm³/mol. The van der Waals surface area contributed by atoms with Crippen molar-refractivity contribution in [3.05, 3.63) is 23.7 Å². The molecule has 2 rings (SSSR count). The van der Waals surface area contributed by atoms with Gasteiger partial charge in [-0.15, -0.1) is 0 Å². The first-order valence-electron chi connectivity index (χ1n) is 7.91. The largest absolute Gasteiger partial charge is 0.456 e. The van der Waals surface area contributed by atoms with Gasteiger partial charge < -0.3 is 19.5 Å². The Labute approximate surface area is 135 Å². The van der Waals surface area contributed by atoms with E-state index < -0.39 is 0 Å². The maximum Gasteiger partial charge on any atom is 0.287 e. The number of furan rings is 1. The Hall–Kier alpha value is -2.31. The van der Waals surface area contributed by atoms with Gasteiger partial charge in [0.05, 0.1) is 0 Å². The van der Waals surface area contributed by atoms with Gasteiger partial charge in [-0.25, -0.2) is 0 Å². The summed E-state index contributed by atoms with van der Waals surface area (Å²) >= 11 is 0. The van der Waals surface area contributed by atoms with Crippen LogP contribution in [0.3, 0.4) is 0 Å². The second-order valence-electron chi connectivity index (χ2n) is 5.51. The molecule has 1 aliphatic rings. The standard InChI is InChI=1S/C16H23N3O4/c1-3-13-4-5-14(23-13)16(22)17-7-6-15(21)19-10-8-18(9-11-19)12(2)20/h4-5H,3,6-11H2,1-2H3,(H,17,22). The molecule has 0 bridgehead atoms. The van der Waals surface area contributed by atoms with Crippen molar-refractivity contribution in [2.45, 2.75) is 26.7 Å². The van der Waals surface area contributed by atoms with Crippen molar-refractivity contribution in [2.24, 2.45) is 0 Å². The van der Waals surface area contributed by atoms with Crippen LogP contribution in [0.1, 0.15) is 36.6 Å². The Bertz CT molecular complexity index is 574. The second kappa shape index (κ2) is 7.80. The van der Waals surface area contributed by atoms with Gasteiger partial charge in [-0.2, -0.15) is 0 Å². The predicted octanol–water partition coefficient (Wildman–Crippen LogP) is 0.653. The van der Waals surface area contributed by atoms with Crippen molar-refractivity contribution in [1.82, 2.24) is 15.1 Å². The molecule has 0 saturated carbocycles. The van der Waals surface area contributed by atoms with E-state index in [2.05, 4.69) is 5.32 Å². The molecule has 1 aliphatic heterocycles. The summed E-state index contributed by atoms with van der Waals surface area (Å²) in [6, 6.07) is 3.41. The molecule has 0 aromatic carbocycles. The fourth-order valence-electron chi connectivity index (χ4n) is 2.49. The number of hydrogen-bond acceptors (Lipinski definition) is 4. The fourth-order valence-corrected chi connectivity index (χ4v) is 2.49. The van der Waals surface area contributed by atoms with Gasteiger partial charge in [0.15, 0.2) is 5.76 Å². The zero-order valence-corrected chi connectivity index (χ0v) is 13.6. The van der Waals surface area contributed by atoms with E-state index in [1.807, 2.05) is 6.92 Å². The van der Waals surface area contributed by atoms with Gasteiger partial charge in [0.2, 0.25) is 11.8 Å². The van der Waals surface area contributed by atoms with Crippen LogP contribution < -0.4 is 5.32 Å². The summed E-state index contributed by atoms with van der Waals surface area (Å²) in [6.45, 7) is 5.98. The van der Waals surface area contributed by atoms with Gasteiger partial charge in [0, 0.05) is 52.5 Å². The lowest BCUT2D eigenvalue weighted by molar-refractivity contribution is -0.138. The maximum absolute atomic E-state index is 12.1. The SMILES string of the molecule is CCc1ccc(C(=O)NCCC(=O)N2CCN(C(C)=O)CC2)o1. The molecular weight excluding hydrogens is 298 g/mol. The summed E-state index contributed by atoms with van der Waals surface area (Å²) in [7, 11) is 0. The molecule has 1 fully saturated rings. The Balaban J connectivity index is 1.70. The Morgan fingerprint density at radius 1 is 1.13 bits per heavy atom. The number of aryl methyl sites for hydroxylation is 1. The Kier molecular flexibility index (Phi) is 5.78. The molecule has 1 aromatic heterocycles. The average Bonchev–Trinajstić information content (AvgIpc) is 3.04. The summed E-state index contributed by atoms with van der Waals surface area (Å²) in [5.41, 5.74) is 0. The van der Waals surface area contributed by atoms with Crippen LogP contribution in [-0.2, 0) is 16.0 Å². The summed E-state index contributed by atoms with van der Waals surface area (Å²) in [5.74, 6) is 0.745. The number of piperazine rings is 1. The first kappa shape index (κ1) is 17.1. The van der Waals surface area contributed by atoms with Crippen LogP contribution in [0.25, 0.3) is 0 Å². The monoisotopic (exact) mass is 321 g/mol. The van der Waals surface area contributed by atoms with Gasteiger partial charge in [0.25, 0.3) is 5.91 Å². The van der Waals surface area contributed by atoms with Crippen LogP contribution in [0.5, 0.6) is 0 Å². The molecule has 0 atom stereocenters. The lowest BCUT2D eigenvalue weighted by atomic mass is 10.2. The van der Waals surface area contributed by atoms with Crippen LogP contribution in [0.4, 0.5) is 0 Å². The summed E-state index contributed by atoms with van der Waals surface area (Å²) < 4.78 is 5.36. The normalized spacial score (nSPS) is 14.7. The molecule has 0 unspecified atom stereocenters. The molecular formula is C16H23N3O4. The maximum atomic E-state index is 12.1. The molecule has 1 saturated heterocycles. The fraction of sp³-hybridized carbons (Fsp3) is 0.562. The average molecular weight is 321 g/mol. The third-order valence-corrected chi connectivity index (χ3v) is 3.94. The number of hydrogen-bond donors (Lipinski definition) is 1. The molecule has 0 spiro atoms. The highest BCUT2D eigenvalue weighted by molar-refractivity contribution is 5.91. The molecule has 0 aliphatic carbocycles. The van der Waals surface area contributed by atoms with E-state index in [1.165, 1.54) is 6.92 Å². The summed E-state index contributed by atoms with van der Waals surface area (Å²) in [5, 5.41) is 2.69. The minimum atomic E-state index is -0.307. The minimum absolute atomic E-state index is 0.0119. The third kappa shape index (κ3) is 4.58. The van der Waals surface area contributed by atoms with Crippen molar-refractivity contribution in [1.29, 1.82) is 0 Å². The van der Waals surface area contributed by atoms with Crippen LogP contribution in [0.15, 0.2) is 16.5 Å². The first-order valence-corrected chi connectivity index (χ1v) is 7.91. The van der Waals surface area contributed by atoms with Gasteiger partial charge in [-0.05, 0) is 12.1 Å². The van der Waals surface area contributed by atoms with Crippen LogP contribution in [-0.4, -0.2) is 60.2 Å². The molecule has 126 valence electrons. The smallest absolute Gasteiger partial charge is 0.287 e. The van der Waals surface area contributed by atoms with Crippen molar-refractivity contribution < 1.29 is 18.8 Å². The number of carbonyl (C=O) groups is 3. The quantitative estimate of drug-likeness (QED) is 0.863. The lowest BCUT2D eigenvalue weighted by Gasteiger charge is -2.34. The number of nitrogens with one attached hydrogen (secondary N) is 1.